The molecule has 2 saturated heterocycles. The molecule has 0 radical (unpaired) electrons. The molecule has 2 heterocycles. The second-order valence-corrected chi connectivity index (χ2v) is 7.23. The molecule has 2 aliphatic heterocycles. The normalized spacial score (nSPS) is 39.4. The van der Waals surface area contributed by atoms with Crippen LogP contribution in [0.2, 0.25) is 0 Å². The molecule has 0 amide bonds. The Morgan fingerprint density at radius 1 is 1.05 bits per heavy atom. The van der Waals surface area contributed by atoms with Gasteiger partial charge in [-0.1, -0.05) is 0 Å². The summed E-state index contributed by atoms with van der Waals surface area (Å²) in [5, 5.41) is 21.6. The maximum Gasteiger partial charge on any atom is 0.320 e. The van der Waals surface area contributed by atoms with Crippen molar-refractivity contribution >= 4 is 11.9 Å². The van der Waals surface area contributed by atoms with Crippen LogP contribution < -0.4 is 5.32 Å². The summed E-state index contributed by atoms with van der Waals surface area (Å²) in [6.07, 6.45) is 5.79. The fourth-order valence-electron chi connectivity index (χ4n) is 4.67. The number of carboxylic acid groups (broad SMARTS) is 2. The fraction of sp³-hybridized carbons (Fsp3) is 0.875. The summed E-state index contributed by atoms with van der Waals surface area (Å²) in [4.78, 5) is 24.6. The standard InChI is InChI=1S/C16H26N2O4/c19-15(20)13-7-12-6-10(3-4-11(12)8-17-13)9-18-5-1-2-14(18)16(21)22/h10-14,17H,1-9H2,(H,19,20)(H,21,22). The minimum atomic E-state index is -0.744. The van der Waals surface area contributed by atoms with Gasteiger partial charge in [-0.2, -0.15) is 0 Å². The van der Waals surface area contributed by atoms with E-state index >= 15 is 0 Å². The molecule has 1 saturated carbocycles. The van der Waals surface area contributed by atoms with Gasteiger partial charge < -0.3 is 15.5 Å². The molecule has 0 spiro atoms. The van der Waals surface area contributed by atoms with Gasteiger partial charge in [0.15, 0.2) is 0 Å². The predicted molar refractivity (Wildman–Crippen MR) is 80.6 cm³/mol. The molecule has 5 unspecified atom stereocenters. The van der Waals surface area contributed by atoms with Crippen LogP contribution in [0.5, 0.6) is 0 Å². The number of likely N-dealkylation sites (tertiary alicyclic amines) is 1. The number of nitrogens with zero attached hydrogens (tertiary/aromatic N) is 1. The van der Waals surface area contributed by atoms with Gasteiger partial charge in [-0.3, -0.25) is 14.5 Å². The van der Waals surface area contributed by atoms with Gasteiger partial charge in [-0.25, -0.2) is 0 Å². The Balaban J connectivity index is 1.56. The van der Waals surface area contributed by atoms with Crippen molar-refractivity contribution in [2.45, 2.75) is 50.6 Å². The van der Waals surface area contributed by atoms with Crippen LogP contribution in [0.3, 0.4) is 0 Å². The summed E-state index contributed by atoms with van der Waals surface area (Å²) >= 11 is 0. The van der Waals surface area contributed by atoms with E-state index in [1.54, 1.807) is 0 Å². The van der Waals surface area contributed by atoms with Crippen LogP contribution in [0.4, 0.5) is 0 Å². The number of aliphatic carboxylic acids is 2. The Bertz CT molecular complexity index is 442. The SMILES string of the molecule is O=C(O)C1CC2CC(CN3CCCC3C(=O)O)CCC2CN1. The van der Waals surface area contributed by atoms with Crippen LogP contribution in [0, 0.1) is 17.8 Å². The van der Waals surface area contributed by atoms with Crippen LogP contribution in [0.25, 0.3) is 0 Å². The van der Waals surface area contributed by atoms with Gasteiger partial charge in [-0.05, 0) is 69.4 Å². The highest BCUT2D eigenvalue weighted by atomic mass is 16.4. The van der Waals surface area contributed by atoms with Gasteiger partial charge in [0.05, 0.1) is 0 Å². The Morgan fingerprint density at radius 2 is 1.86 bits per heavy atom. The molecule has 5 atom stereocenters. The first-order valence-electron chi connectivity index (χ1n) is 8.47. The monoisotopic (exact) mass is 310 g/mol. The highest BCUT2D eigenvalue weighted by Crippen LogP contribution is 2.39. The molecule has 0 aromatic heterocycles. The zero-order chi connectivity index (χ0) is 15.7. The Kier molecular flexibility index (Phi) is 4.68. The molecular formula is C16H26N2O4. The first kappa shape index (κ1) is 15.7. The van der Waals surface area contributed by atoms with Gasteiger partial charge in [0.1, 0.15) is 12.1 Å². The van der Waals surface area contributed by atoms with E-state index in [0.29, 0.717) is 17.8 Å². The summed E-state index contributed by atoms with van der Waals surface area (Å²) in [5.74, 6) is 0.159. The Labute approximate surface area is 130 Å². The third kappa shape index (κ3) is 3.27. The summed E-state index contributed by atoms with van der Waals surface area (Å²) in [7, 11) is 0. The van der Waals surface area contributed by atoms with E-state index in [-0.39, 0.29) is 6.04 Å². The third-order valence-electron chi connectivity index (χ3n) is 5.85. The number of hydrogen-bond donors (Lipinski definition) is 3. The fourth-order valence-corrected chi connectivity index (χ4v) is 4.67. The van der Waals surface area contributed by atoms with Gasteiger partial charge in [-0.15, -0.1) is 0 Å². The molecule has 3 N–H and O–H groups in total. The summed E-state index contributed by atoms with van der Waals surface area (Å²) < 4.78 is 0. The molecule has 6 heteroatoms. The molecule has 1 aliphatic carbocycles. The minimum Gasteiger partial charge on any atom is -0.480 e. The van der Waals surface area contributed by atoms with Gasteiger partial charge in [0.25, 0.3) is 0 Å². The van der Waals surface area contributed by atoms with E-state index in [4.69, 9.17) is 0 Å². The molecule has 0 aromatic rings. The van der Waals surface area contributed by atoms with Crippen LogP contribution >= 0.6 is 0 Å². The minimum absolute atomic E-state index is 0.308. The summed E-state index contributed by atoms with van der Waals surface area (Å²) in [5.41, 5.74) is 0. The lowest BCUT2D eigenvalue weighted by Crippen LogP contribution is -2.50. The zero-order valence-electron chi connectivity index (χ0n) is 12.9. The molecule has 22 heavy (non-hydrogen) atoms. The van der Waals surface area contributed by atoms with Crippen molar-refractivity contribution in [2.75, 3.05) is 19.6 Å². The second-order valence-electron chi connectivity index (χ2n) is 7.23. The number of hydrogen-bond acceptors (Lipinski definition) is 4. The first-order chi connectivity index (χ1) is 10.5. The van der Waals surface area contributed by atoms with E-state index in [1.807, 2.05) is 0 Å². The topological polar surface area (TPSA) is 89.9 Å². The molecule has 3 fully saturated rings. The van der Waals surface area contributed by atoms with Crippen molar-refractivity contribution < 1.29 is 19.8 Å². The van der Waals surface area contributed by atoms with Crippen molar-refractivity contribution in [2.24, 2.45) is 17.8 Å². The van der Waals surface area contributed by atoms with Crippen LogP contribution in [0.1, 0.15) is 38.5 Å². The number of carbonyl (C=O) groups is 2. The highest BCUT2D eigenvalue weighted by molar-refractivity contribution is 5.74. The summed E-state index contributed by atoms with van der Waals surface area (Å²) in [6, 6.07) is -0.712. The zero-order valence-corrected chi connectivity index (χ0v) is 12.9. The third-order valence-corrected chi connectivity index (χ3v) is 5.85. The molecule has 0 aromatic carbocycles. The van der Waals surface area contributed by atoms with E-state index in [0.717, 1.165) is 58.2 Å². The van der Waals surface area contributed by atoms with Crippen molar-refractivity contribution in [3.05, 3.63) is 0 Å². The van der Waals surface area contributed by atoms with E-state index in [1.165, 1.54) is 0 Å². The lowest BCUT2D eigenvalue weighted by Gasteiger charge is -2.42. The Hall–Kier alpha value is -1.14. The molecular weight excluding hydrogens is 284 g/mol. The number of fused-ring (bicyclic) bond motifs is 1. The van der Waals surface area contributed by atoms with Crippen LogP contribution in [-0.4, -0.2) is 58.8 Å². The predicted octanol–water partition coefficient (Wildman–Crippen LogP) is 1.01. The molecule has 0 bridgehead atoms. The molecule has 124 valence electrons. The van der Waals surface area contributed by atoms with Crippen molar-refractivity contribution in [1.29, 1.82) is 0 Å². The number of carboxylic acids is 2. The van der Waals surface area contributed by atoms with Gasteiger partial charge >= 0.3 is 11.9 Å². The Morgan fingerprint density at radius 3 is 2.59 bits per heavy atom. The molecule has 6 nitrogen and oxygen atoms in total. The molecule has 3 rings (SSSR count). The lowest BCUT2D eigenvalue weighted by molar-refractivity contribution is -0.143. The second kappa shape index (κ2) is 6.54. The smallest absolute Gasteiger partial charge is 0.320 e. The average molecular weight is 310 g/mol. The lowest BCUT2D eigenvalue weighted by atomic mass is 9.69. The quantitative estimate of drug-likeness (QED) is 0.718. The average Bonchev–Trinajstić information content (AvgIpc) is 2.94. The number of rotatable bonds is 4. The van der Waals surface area contributed by atoms with Crippen molar-refractivity contribution in [3.8, 4) is 0 Å². The number of nitrogens with one attached hydrogen (secondary N) is 1. The largest absolute Gasteiger partial charge is 0.480 e. The maximum atomic E-state index is 11.3. The van der Waals surface area contributed by atoms with Crippen molar-refractivity contribution in [3.63, 3.8) is 0 Å². The highest BCUT2D eigenvalue weighted by Gasteiger charge is 2.39. The van der Waals surface area contributed by atoms with Gasteiger partial charge in [0.2, 0.25) is 0 Å². The van der Waals surface area contributed by atoms with Crippen LogP contribution in [-0.2, 0) is 9.59 Å². The maximum absolute atomic E-state index is 11.3. The first-order valence-corrected chi connectivity index (χ1v) is 8.47. The van der Waals surface area contributed by atoms with Gasteiger partial charge in [0, 0.05) is 6.54 Å². The number of piperidine rings is 1. The van der Waals surface area contributed by atoms with E-state index in [9.17, 15) is 19.8 Å². The van der Waals surface area contributed by atoms with Crippen molar-refractivity contribution in [1.82, 2.24) is 10.2 Å². The van der Waals surface area contributed by atoms with E-state index in [2.05, 4.69) is 10.2 Å². The van der Waals surface area contributed by atoms with E-state index < -0.39 is 18.0 Å². The van der Waals surface area contributed by atoms with Crippen LogP contribution in [0.15, 0.2) is 0 Å². The summed E-state index contributed by atoms with van der Waals surface area (Å²) in [6.45, 7) is 2.57. The molecule has 3 aliphatic rings.